The third kappa shape index (κ3) is 1.61. The number of ether oxygens (including phenoxy) is 2. The van der Waals surface area contributed by atoms with Gasteiger partial charge in [0.2, 0.25) is 0 Å². The van der Waals surface area contributed by atoms with Gasteiger partial charge < -0.3 is 9.47 Å². The maximum absolute atomic E-state index is 9.78. The first-order chi connectivity index (χ1) is 10.1. The molecule has 0 bridgehead atoms. The van der Waals surface area contributed by atoms with Crippen molar-refractivity contribution in [3.63, 3.8) is 0 Å². The number of amidine groups is 1. The monoisotopic (exact) mass is 291 g/mol. The molecule has 21 heavy (non-hydrogen) atoms. The van der Waals surface area contributed by atoms with Crippen LogP contribution in [0.1, 0.15) is 39.0 Å². The summed E-state index contributed by atoms with van der Waals surface area (Å²) >= 11 is 0. The van der Waals surface area contributed by atoms with Gasteiger partial charge in [0.05, 0.1) is 12.1 Å². The lowest BCUT2D eigenvalue weighted by Crippen LogP contribution is -2.90. The lowest BCUT2D eigenvalue weighted by Gasteiger charge is -2.26. The summed E-state index contributed by atoms with van der Waals surface area (Å²) in [6, 6.07) is 4.55. The molecule has 0 spiro atoms. The Hall–Kier alpha value is -1.63. The van der Waals surface area contributed by atoms with Crippen LogP contribution in [-0.2, 0) is 9.47 Å². The van der Waals surface area contributed by atoms with Crippen LogP contribution in [0.3, 0.4) is 0 Å². The Balaban J connectivity index is 2.32. The van der Waals surface area contributed by atoms with Crippen molar-refractivity contribution >= 4 is 5.84 Å². The molecule has 0 aromatic carbocycles. The van der Waals surface area contributed by atoms with Crippen LogP contribution in [0.5, 0.6) is 0 Å². The number of nitrogens with zero attached hydrogens (tertiary/aromatic N) is 2. The van der Waals surface area contributed by atoms with Gasteiger partial charge in [-0.25, -0.2) is 4.99 Å². The Morgan fingerprint density at radius 1 is 1.19 bits per heavy atom. The number of nitrogens with one attached hydrogen (secondary N) is 1. The fourth-order valence-electron chi connectivity index (χ4n) is 4.00. The van der Waals surface area contributed by atoms with Crippen molar-refractivity contribution in [3.05, 3.63) is 0 Å². The number of methoxy groups -OCH3 is 2. The summed E-state index contributed by atoms with van der Waals surface area (Å²) in [7, 11) is 2.92. The zero-order valence-electron chi connectivity index (χ0n) is 12.9. The molecule has 6 heteroatoms. The Kier molecular flexibility index (Phi) is 3.97. The van der Waals surface area contributed by atoms with E-state index < -0.39 is 16.7 Å². The number of hydrogen-bond acceptors (Lipinski definition) is 5. The Labute approximate surface area is 125 Å². The van der Waals surface area contributed by atoms with Crippen molar-refractivity contribution in [1.82, 2.24) is 0 Å². The molecule has 2 aliphatic rings. The first-order valence-electron chi connectivity index (χ1n) is 7.40. The van der Waals surface area contributed by atoms with Crippen LogP contribution in [0.25, 0.3) is 0 Å². The topological polar surface area (TPSA) is 106 Å². The predicted molar refractivity (Wildman–Crippen MR) is 75.2 cm³/mol. The smallest absolute Gasteiger partial charge is 0.317 e. The molecule has 114 valence electrons. The van der Waals surface area contributed by atoms with Gasteiger partial charge in [-0.3, -0.25) is 5.73 Å². The highest BCUT2D eigenvalue weighted by molar-refractivity contribution is 5.93. The third-order valence-corrected chi connectivity index (χ3v) is 5.10. The van der Waals surface area contributed by atoms with E-state index in [4.69, 9.17) is 15.2 Å². The number of nitrogens with two attached hydrogens (primary N) is 1. The largest absolute Gasteiger partial charge is 0.342 e. The third-order valence-electron chi connectivity index (χ3n) is 5.10. The molecule has 1 fully saturated rings. The SMILES string of the molecule is CCCCCC[C@H]1[C@]2(C#N)C(N)=[NH+]C(OC)(OC)[C@]12C#N. The zero-order valence-corrected chi connectivity index (χ0v) is 12.9. The van der Waals surface area contributed by atoms with E-state index in [1.807, 2.05) is 0 Å². The van der Waals surface area contributed by atoms with Gasteiger partial charge >= 0.3 is 5.91 Å². The van der Waals surface area contributed by atoms with Gasteiger partial charge in [0, 0.05) is 20.1 Å². The normalized spacial score (nSPS) is 35.5. The van der Waals surface area contributed by atoms with E-state index in [9.17, 15) is 10.5 Å². The summed E-state index contributed by atoms with van der Waals surface area (Å²) in [5.74, 6) is -1.20. The highest BCUT2D eigenvalue weighted by Gasteiger charge is 2.96. The van der Waals surface area contributed by atoms with Gasteiger partial charge in [-0.15, -0.1) is 0 Å². The first kappa shape index (κ1) is 15.8. The molecule has 1 aliphatic carbocycles. The standard InChI is InChI=1S/C15H22N4O2/c1-4-5-6-7-8-11-13(9-16)12(18)19-15(20-2,21-3)14(11,13)10-17/h11H,4-8H2,1-3H3,(H2,18,19)/p+1/t11-,13+,14+/m0/s1. The molecule has 3 atom stereocenters. The van der Waals surface area contributed by atoms with Crippen molar-refractivity contribution in [2.45, 2.75) is 44.9 Å². The summed E-state index contributed by atoms with van der Waals surface area (Å²) in [5.41, 5.74) is 3.96. The molecular weight excluding hydrogens is 268 g/mol. The Bertz CT molecular complexity index is 529. The Morgan fingerprint density at radius 2 is 1.86 bits per heavy atom. The quantitative estimate of drug-likeness (QED) is 0.507. The van der Waals surface area contributed by atoms with Crippen LogP contribution in [-0.4, -0.2) is 26.0 Å². The molecule has 1 heterocycles. The van der Waals surface area contributed by atoms with Crippen LogP contribution in [0.2, 0.25) is 0 Å². The molecule has 0 unspecified atom stereocenters. The van der Waals surface area contributed by atoms with Gasteiger partial charge in [0.15, 0.2) is 10.8 Å². The van der Waals surface area contributed by atoms with E-state index in [1.54, 1.807) is 0 Å². The average molecular weight is 291 g/mol. The number of nitriles is 2. The fraction of sp³-hybridized carbons (Fsp3) is 0.800. The minimum atomic E-state index is -1.34. The lowest BCUT2D eigenvalue weighted by molar-refractivity contribution is -0.688. The van der Waals surface area contributed by atoms with E-state index in [-0.39, 0.29) is 11.8 Å². The van der Waals surface area contributed by atoms with Crippen molar-refractivity contribution in [2.24, 2.45) is 22.5 Å². The van der Waals surface area contributed by atoms with E-state index >= 15 is 0 Å². The molecule has 3 N–H and O–H groups in total. The summed E-state index contributed by atoms with van der Waals surface area (Å²) in [5, 5.41) is 19.5. The predicted octanol–water partition coefficient (Wildman–Crippen LogP) is 0.00456. The fourth-order valence-corrected chi connectivity index (χ4v) is 4.00. The molecule has 0 radical (unpaired) electrons. The summed E-state index contributed by atoms with van der Waals surface area (Å²) in [6.45, 7) is 2.15. The molecular formula is C15H23N4O2+. The Morgan fingerprint density at radius 3 is 2.33 bits per heavy atom. The van der Waals surface area contributed by atoms with Gasteiger partial charge in [-0.1, -0.05) is 32.6 Å². The second kappa shape index (κ2) is 5.29. The van der Waals surface area contributed by atoms with Crippen LogP contribution < -0.4 is 10.7 Å². The zero-order chi connectivity index (χ0) is 15.7. The van der Waals surface area contributed by atoms with Gasteiger partial charge in [-0.2, -0.15) is 10.5 Å². The molecule has 0 aromatic rings. The summed E-state index contributed by atoms with van der Waals surface area (Å²) in [6.07, 6.45) is 5.15. The molecule has 1 aliphatic heterocycles. The average Bonchev–Trinajstić information content (AvgIpc) is 3.05. The molecule has 0 aromatic heterocycles. The molecule has 0 saturated heterocycles. The summed E-state index contributed by atoms with van der Waals surface area (Å²) < 4.78 is 10.9. The van der Waals surface area contributed by atoms with Crippen LogP contribution in [0.15, 0.2) is 0 Å². The van der Waals surface area contributed by atoms with Gasteiger partial charge in [0.25, 0.3) is 5.84 Å². The van der Waals surface area contributed by atoms with Crippen LogP contribution in [0.4, 0.5) is 0 Å². The summed E-state index contributed by atoms with van der Waals surface area (Å²) in [4.78, 5) is 2.89. The molecule has 2 rings (SSSR count). The number of hydrogen-bond donors (Lipinski definition) is 2. The van der Waals surface area contributed by atoms with Crippen molar-refractivity contribution < 1.29 is 14.5 Å². The van der Waals surface area contributed by atoms with E-state index in [1.165, 1.54) is 14.2 Å². The number of fused-ring (bicyclic) bond motifs is 1. The minimum Gasteiger partial charge on any atom is -0.317 e. The van der Waals surface area contributed by atoms with E-state index in [0.717, 1.165) is 32.1 Å². The van der Waals surface area contributed by atoms with Crippen molar-refractivity contribution in [3.8, 4) is 12.1 Å². The van der Waals surface area contributed by atoms with Gasteiger partial charge in [-0.05, 0) is 6.42 Å². The maximum atomic E-state index is 9.78. The van der Waals surface area contributed by atoms with Crippen LogP contribution >= 0.6 is 0 Å². The van der Waals surface area contributed by atoms with Gasteiger partial charge in [0.1, 0.15) is 0 Å². The van der Waals surface area contributed by atoms with Crippen LogP contribution in [0, 0.1) is 39.4 Å². The highest BCUT2D eigenvalue weighted by Crippen LogP contribution is 2.75. The lowest BCUT2D eigenvalue weighted by atomic mass is 9.94. The first-order valence-corrected chi connectivity index (χ1v) is 7.40. The number of unbranched alkanes of at least 4 members (excludes halogenated alkanes) is 3. The van der Waals surface area contributed by atoms with Crippen molar-refractivity contribution in [2.75, 3.05) is 14.2 Å². The molecule has 1 saturated carbocycles. The molecule has 6 nitrogen and oxygen atoms in total. The highest BCUT2D eigenvalue weighted by atomic mass is 16.7. The van der Waals surface area contributed by atoms with Crippen molar-refractivity contribution in [1.29, 1.82) is 10.5 Å². The minimum absolute atomic E-state index is 0.155. The van der Waals surface area contributed by atoms with E-state index in [2.05, 4.69) is 24.1 Å². The maximum Gasteiger partial charge on any atom is 0.342 e. The number of rotatable bonds is 7. The molecule has 0 amide bonds. The van der Waals surface area contributed by atoms with E-state index in [0.29, 0.717) is 0 Å². The second-order valence-corrected chi connectivity index (χ2v) is 5.81. The second-order valence-electron chi connectivity index (χ2n) is 5.81.